The summed E-state index contributed by atoms with van der Waals surface area (Å²) >= 11 is 0. The van der Waals surface area contributed by atoms with Crippen LogP contribution < -0.4 is 0 Å². The molecular weight excluding hydrogens is 424 g/mol. The quantitative estimate of drug-likeness (QED) is 0.531. The van der Waals surface area contributed by atoms with Gasteiger partial charge in [-0.15, -0.1) is 0 Å². The molecule has 0 bridgehead atoms. The third kappa shape index (κ3) is 2.38. The maximum Gasteiger partial charge on any atom is 0.459 e. The lowest BCUT2D eigenvalue weighted by molar-refractivity contribution is -0.440. The highest BCUT2D eigenvalue weighted by molar-refractivity contribution is 5.25. The van der Waals surface area contributed by atoms with Gasteiger partial charge in [-0.3, -0.25) is 0 Å². The summed E-state index contributed by atoms with van der Waals surface area (Å²) in [6, 6.07) is 0. The maximum atomic E-state index is 13.7. The lowest BCUT2D eigenvalue weighted by atomic mass is 9.68. The van der Waals surface area contributed by atoms with Gasteiger partial charge in [0.05, 0.1) is 0 Å². The van der Waals surface area contributed by atoms with E-state index in [0.717, 1.165) is 0 Å². The highest BCUT2D eigenvalue weighted by atomic mass is 19.4. The van der Waals surface area contributed by atoms with Gasteiger partial charge in [0.25, 0.3) is 0 Å². The Kier molecular flexibility index (Phi) is 5.01. The molecule has 1 rings (SSSR count). The van der Waals surface area contributed by atoms with Crippen LogP contribution in [0, 0.1) is 5.41 Å². The Morgan fingerprint density at radius 3 is 1.00 bits per heavy atom. The molecule has 0 aromatic heterocycles. The summed E-state index contributed by atoms with van der Waals surface area (Å²) in [4.78, 5) is 0. The number of rotatable bonds is 3. The summed E-state index contributed by atoms with van der Waals surface area (Å²) in [6.07, 6.45) is -35.2. The van der Waals surface area contributed by atoms with Crippen LogP contribution in [-0.4, -0.2) is 54.8 Å². The van der Waals surface area contributed by atoms with Crippen LogP contribution in [0.25, 0.3) is 0 Å². The van der Waals surface area contributed by atoms with Gasteiger partial charge >= 0.3 is 30.1 Å². The smallest absolute Gasteiger partial charge is 0.243 e. The largest absolute Gasteiger partial charge is 0.459 e. The Labute approximate surface area is 132 Å². The summed E-state index contributed by atoms with van der Waals surface area (Å²) in [7, 11) is 0. The molecule has 156 valence electrons. The van der Waals surface area contributed by atoms with Crippen molar-refractivity contribution in [1.82, 2.24) is 0 Å². The molecule has 1 aliphatic carbocycles. The van der Waals surface area contributed by atoms with E-state index in [1.165, 1.54) is 0 Å². The van der Waals surface area contributed by atoms with Gasteiger partial charge in [0.1, 0.15) is 0 Å². The van der Waals surface area contributed by atoms with Gasteiger partial charge in [-0.25, -0.2) is 17.6 Å². The molecule has 0 heterocycles. The van der Waals surface area contributed by atoms with Crippen LogP contribution in [0.4, 0.5) is 70.2 Å². The van der Waals surface area contributed by atoms with Crippen molar-refractivity contribution in [2.24, 2.45) is 5.41 Å². The monoisotopic (exact) mass is 428 g/mol. The van der Waals surface area contributed by atoms with E-state index in [2.05, 4.69) is 0 Å². The second-order valence-corrected chi connectivity index (χ2v) is 5.28. The topological polar surface area (TPSA) is 0 Å². The zero-order valence-electron chi connectivity index (χ0n) is 11.4. The lowest BCUT2D eigenvalue weighted by Gasteiger charge is -2.47. The van der Waals surface area contributed by atoms with Gasteiger partial charge < -0.3 is 0 Å². The molecule has 1 fully saturated rings. The van der Waals surface area contributed by atoms with E-state index in [1.807, 2.05) is 0 Å². The molecule has 0 aromatic carbocycles. The third-order valence-corrected chi connectivity index (χ3v) is 3.88. The lowest BCUT2D eigenvalue weighted by Crippen LogP contribution is -2.74. The first kappa shape index (κ1) is 22.9. The molecule has 0 spiro atoms. The normalized spacial score (nSPS) is 35.1. The molecule has 0 nitrogen and oxygen atoms in total. The van der Waals surface area contributed by atoms with Gasteiger partial charge in [-0.2, -0.15) is 52.7 Å². The van der Waals surface area contributed by atoms with Gasteiger partial charge in [-0.05, 0) is 0 Å². The summed E-state index contributed by atoms with van der Waals surface area (Å²) in [6.45, 7) is 0. The van der Waals surface area contributed by atoms with Gasteiger partial charge in [0, 0.05) is 0 Å². The molecule has 0 amide bonds. The van der Waals surface area contributed by atoms with E-state index >= 15 is 0 Å². The Hall–Kier alpha value is -1.12. The predicted molar refractivity (Wildman–Crippen MR) is 49.0 cm³/mol. The molecule has 1 aliphatic rings. The number of halogens is 16. The van der Waals surface area contributed by atoms with Crippen molar-refractivity contribution in [3.05, 3.63) is 0 Å². The van der Waals surface area contributed by atoms with Crippen LogP contribution in [-0.2, 0) is 0 Å². The third-order valence-electron chi connectivity index (χ3n) is 3.88. The molecule has 16 heteroatoms. The fraction of sp³-hybridized carbons (Fsp3) is 1.00. The van der Waals surface area contributed by atoms with Crippen LogP contribution in [0.2, 0.25) is 0 Å². The predicted octanol–water partition coefficient (Wildman–Crippen LogP) is 5.37. The van der Waals surface area contributed by atoms with E-state index in [0.29, 0.717) is 0 Å². The van der Waals surface area contributed by atoms with Crippen molar-refractivity contribution in [1.29, 1.82) is 0 Å². The van der Waals surface area contributed by atoms with Crippen molar-refractivity contribution >= 4 is 0 Å². The molecule has 0 N–H and O–H groups in total. The number of hydrogen-bond donors (Lipinski definition) is 0. The Morgan fingerprint density at radius 2 is 0.769 bits per heavy atom. The first-order valence-electron chi connectivity index (χ1n) is 5.97. The second-order valence-electron chi connectivity index (χ2n) is 5.28. The standard InChI is InChI=1S/C10H4F16/c11-1-2(12)4(14)5(3(1)13,7(17,18)9(21,22)23)6(15,16)8(19,20)10(24,25)26/h1-4H. The summed E-state index contributed by atoms with van der Waals surface area (Å²) < 4.78 is 207. The van der Waals surface area contributed by atoms with Crippen LogP contribution in [0.1, 0.15) is 0 Å². The highest BCUT2D eigenvalue weighted by Crippen LogP contribution is 2.69. The Bertz CT molecular complexity index is 514. The summed E-state index contributed by atoms with van der Waals surface area (Å²) in [5, 5.41) is 0. The molecule has 0 aliphatic heterocycles. The zero-order chi connectivity index (χ0) is 21.3. The van der Waals surface area contributed by atoms with Crippen molar-refractivity contribution in [2.75, 3.05) is 0 Å². The molecular formula is C10H4F16. The summed E-state index contributed by atoms with van der Waals surface area (Å²) in [5.74, 6) is -23.6. The van der Waals surface area contributed by atoms with Crippen molar-refractivity contribution in [3.8, 4) is 0 Å². The van der Waals surface area contributed by atoms with E-state index in [9.17, 15) is 70.2 Å². The number of alkyl halides is 16. The maximum absolute atomic E-state index is 13.7. The van der Waals surface area contributed by atoms with Crippen molar-refractivity contribution in [3.63, 3.8) is 0 Å². The SMILES string of the molecule is FC1C(F)C(F)C(C(F)(F)C(F)(F)F)(C(F)(F)C(F)(F)C(F)(F)F)C1F. The Balaban J connectivity index is 3.97. The molecule has 4 unspecified atom stereocenters. The molecule has 1 saturated carbocycles. The highest BCUT2D eigenvalue weighted by Gasteiger charge is 2.95. The minimum absolute atomic E-state index is 4.60. The van der Waals surface area contributed by atoms with Crippen molar-refractivity contribution in [2.45, 2.75) is 54.8 Å². The fourth-order valence-corrected chi connectivity index (χ4v) is 2.54. The van der Waals surface area contributed by atoms with E-state index < -0.39 is 60.2 Å². The van der Waals surface area contributed by atoms with E-state index in [4.69, 9.17) is 0 Å². The molecule has 0 radical (unpaired) electrons. The number of hydrogen-bond acceptors (Lipinski definition) is 0. The van der Waals surface area contributed by atoms with E-state index in [-0.39, 0.29) is 0 Å². The zero-order valence-corrected chi connectivity index (χ0v) is 11.4. The second kappa shape index (κ2) is 5.69. The minimum atomic E-state index is -7.96. The van der Waals surface area contributed by atoms with Gasteiger partial charge in [-0.1, -0.05) is 0 Å². The minimum Gasteiger partial charge on any atom is -0.243 e. The van der Waals surface area contributed by atoms with Crippen LogP contribution in [0.3, 0.4) is 0 Å². The van der Waals surface area contributed by atoms with Gasteiger partial charge in [0.2, 0.25) is 0 Å². The Morgan fingerprint density at radius 1 is 0.462 bits per heavy atom. The molecule has 4 atom stereocenters. The van der Waals surface area contributed by atoms with Crippen LogP contribution in [0.15, 0.2) is 0 Å². The van der Waals surface area contributed by atoms with E-state index in [1.54, 1.807) is 0 Å². The summed E-state index contributed by atoms with van der Waals surface area (Å²) in [5.41, 5.74) is -7.07. The van der Waals surface area contributed by atoms with Crippen LogP contribution >= 0.6 is 0 Å². The average molecular weight is 428 g/mol. The molecule has 0 aromatic rings. The molecule has 0 saturated heterocycles. The average Bonchev–Trinajstić information content (AvgIpc) is 2.58. The van der Waals surface area contributed by atoms with Crippen LogP contribution in [0.5, 0.6) is 0 Å². The first-order chi connectivity index (χ1) is 11.1. The van der Waals surface area contributed by atoms with Gasteiger partial charge in [0.15, 0.2) is 30.1 Å². The fourth-order valence-electron chi connectivity index (χ4n) is 2.54. The molecule has 26 heavy (non-hydrogen) atoms. The van der Waals surface area contributed by atoms with Crippen molar-refractivity contribution < 1.29 is 70.2 Å². The first-order valence-corrected chi connectivity index (χ1v) is 5.97.